The van der Waals surface area contributed by atoms with Gasteiger partial charge in [-0.2, -0.15) is 0 Å². The summed E-state index contributed by atoms with van der Waals surface area (Å²) in [7, 11) is -2.87. The minimum atomic E-state index is -2.87. The van der Waals surface area contributed by atoms with Crippen molar-refractivity contribution in [1.29, 1.82) is 0 Å². The van der Waals surface area contributed by atoms with E-state index in [1.54, 1.807) is 6.42 Å². The molecule has 1 heterocycles. The van der Waals surface area contributed by atoms with Crippen molar-refractivity contribution >= 4 is 15.7 Å². The second-order valence-corrected chi connectivity index (χ2v) is 6.33. The van der Waals surface area contributed by atoms with Gasteiger partial charge >= 0.3 is 0 Å². The van der Waals surface area contributed by atoms with E-state index in [9.17, 15) is 13.2 Å². The fraction of sp³-hybridized carbons (Fsp3) is 0.333. The van der Waals surface area contributed by atoms with E-state index < -0.39 is 9.84 Å². The Morgan fingerprint density at radius 1 is 1.29 bits per heavy atom. The molecule has 0 unspecified atom stereocenters. The molecule has 1 aromatic carbocycles. The molecule has 1 radical (unpaired) electrons. The van der Waals surface area contributed by atoms with Crippen molar-refractivity contribution in [3.8, 4) is 0 Å². The van der Waals surface area contributed by atoms with Crippen LogP contribution in [0.5, 0.6) is 0 Å². The lowest BCUT2D eigenvalue weighted by atomic mass is 10.1. The van der Waals surface area contributed by atoms with E-state index in [4.69, 9.17) is 0 Å². The number of carbonyl (C=O) groups excluding carboxylic acids is 1. The summed E-state index contributed by atoms with van der Waals surface area (Å²) in [6.45, 7) is 0. The number of hydrogen-bond acceptors (Lipinski definition) is 3. The van der Waals surface area contributed by atoms with Gasteiger partial charge in [-0.3, -0.25) is 4.79 Å². The van der Waals surface area contributed by atoms with Gasteiger partial charge in [-0.1, -0.05) is 30.3 Å². The Kier molecular flexibility index (Phi) is 3.47. The first-order chi connectivity index (χ1) is 8.05. The second kappa shape index (κ2) is 4.87. The summed E-state index contributed by atoms with van der Waals surface area (Å²) < 4.78 is 21.8. The summed E-state index contributed by atoms with van der Waals surface area (Å²) in [5.74, 6) is -0.0655. The molecule has 5 heteroatoms. The summed E-state index contributed by atoms with van der Waals surface area (Å²) in [5, 5.41) is 2.67. The fourth-order valence-corrected chi connectivity index (χ4v) is 3.03. The van der Waals surface area contributed by atoms with Crippen LogP contribution in [0.15, 0.2) is 30.3 Å². The lowest BCUT2D eigenvalue weighted by Gasteiger charge is -2.26. The third-order valence-electron chi connectivity index (χ3n) is 2.62. The molecule has 1 saturated heterocycles. The van der Waals surface area contributed by atoms with Crippen LogP contribution in [0.3, 0.4) is 0 Å². The molecule has 1 N–H and O–H groups in total. The van der Waals surface area contributed by atoms with Crippen molar-refractivity contribution in [3.05, 3.63) is 42.3 Å². The van der Waals surface area contributed by atoms with Gasteiger partial charge in [0.1, 0.15) is 0 Å². The van der Waals surface area contributed by atoms with Crippen LogP contribution in [0.1, 0.15) is 5.56 Å². The molecule has 0 aromatic heterocycles. The highest BCUT2D eigenvalue weighted by Crippen LogP contribution is 2.10. The molecule has 1 aromatic rings. The number of sulfone groups is 1. The third kappa shape index (κ3) is 3.56. The van der Waals surface area contributed by atoms with Gasteiger partial charge in [0.05, 0.1) is 24.0 Å². The Labute approximate surface area is 101 Å². The zero-order chi connectivity index (χ0) is 12.3. The quantitative estimate of drug-likeness (QED) is 0.841. The van der Waals surface area contributed by atoms with Crippen LogP contribution in [0.4, 0.5) is 0 Å². The molecule has 1 amide bonds. The standard InChI is InChI=1S/C12H14NO3S/c14-12(13-11-8-17(15,16)9-11)7-6-10-4-2-1-3-5-10/h1-5,7,11H,6,8-9H2,(H,13,14). The Morgan fingerprint density at radius 3 is 2.53 bits per heavy atom. The third-order valence-corrected chi connectivity index (χ3v) is 4.44. The van der Waals surface area contributed by atoms with Crippen LogP contribution in [0.2, 0.25) is 0 Å². The molecule has 91 valence electrons. The maximum Gasteiger partial charge on any atom is 0.224 e. The van der Waals surface area contributed by atoms with Crippen molar-refractivity contribution in [3.63, 3.8) is 0 Å². The van der Waals surface area contributed by atoms with Crippen LogP contribution in [-0.2, 0) is 21.1 Å². The van der Waals surface area contributed by atoms with E-state index in [1.807, 2.05) is 30.3 Å². The highest BCUT2D eigenvalue weighted by molar-refractivity contribution is 7.92. The van der Waals surface area contributed by atoms with Crippen LogP contribution >= 0.6 is 0 Å². The minimum Gasteiger partial charge on any atom is -0.351 e. The maximum absolute atomic E-state index is 11.5. The van der Waals surface area contributed by atoms with Crippen molar-refractivity contribution in [1.82, 2.24) is 5.32 Å². The highest BCUT2D eigenvalue weighted by atomic mass is 32.2. The molecule has 0 saturated carbocycles. The predicted molar refractivity (Wildman–Crippen MR) is 65.0 cm³/mol. The van der Waals surface area contributed by atoms with Gasteiger partial charge in [0.15, 0.2) is 9.84 Å². The monoisotopic (exact) mass is 252 g/mol. The molecule has 2 rings (SSSR count). The normalized spacial score (nSPS) is 18.4. The lowest BCUT2D eigenvalue weighted by molar-refractivity contribution is -0.118. The summed E-state index contributed by atoms with van der Waals surface area (Å²) in [6.07, 6.45) is 2.10. The largest absolute Gasteiger partial charge is 0.351 e. The smallest absolute Gasteiger partial charge is 0.224 e. The minimum absolute atomic E-state index is 0.0674. The highest BCUT2D eigenvalue weighted by Gasteiger charge is 2.34. The fourth-order valence-electron chi connectivity index (χ4n) is 1.73. The van der Waals surface area contributed by atoms with Crippen LogP contribution in [0, 0.1) is 6.42 Å². The van der Waals surface area contributed by atoms with Gasteiger partial charge in [0, 0.05) is 0 Å². The number of benzene rings is 1. The van der Waals surface area contributed by atoms with Gasteiger partial charge in [0.2, 0.25) is 5.91 Å². The molecule has 1 fully saturated rings. The first-order valence-corrected chi connectivity index (χ1v) is 7.25. The molecule has 1 aliphatic rings. The Morgan fingerprint density at radius 2 is 1.94 bits per heavy atom. The molecule has 0 aliphatic carbocycles. The zero-order valence-electron chi connectivity index (χ0n) is 9.30. The average molecular weight is 252 g/mol. The molecule has 0 spiro atoms. The second-order valence-electron chi connectivity index (χ2n) is 4.18. The van der Waals surface area contributed by atoms with Gasteiger partial charge in [-0.05, 0) is 12.0 Å². The molecule has 1 aliphatic heterocycles. The van der Waals surface area contributed by atoms with Crippen molar-refractivity contribution in [2.75, 3.05) is 11.5 Å². The molecule has 0 atom stereocenters. The van der Waals surface area contributed by atoms with Crippen LogP contribution < -0.4 is 5.32 Å². The number of rotatable bonds is 4. The number of carbonyl (C=O) groups is 1. The van der Waals surface area contributed by atoms with Crippen molar-refractivity contribution in [2.24, 2.45) is 0 Å². The van der Waals surface area contributed by atoms with Crippen molar-refractivity contribution < 1.29 is 13.2 Å². The zero-order valence-corrected chi connectivity index (χ0v) is 10.1. The Hall–Kier alpha value is -1.36. The topological polar surface area (TPSA) is 63.2 Å². The molecule has 17 heavy (non-hydrogen) atoms. The van der Waals surface area contributed by atoms with Crippen LogP contribution in [0.25, 0.3) is 0 Å². The molecule has 4 nitrogen and oxygen atoms in total. The predicted octanol–water partition coefficient (Wildman–Crippen LogP) is 0.347. The van der Waals surface area contributed by atoms with E-state index in [0.717, 1.165) is 5.56 Å². The summed E-state index contributed by atoms with van der Waals surface area (Å²) in [4.78, 5) is 11.5. The lowest BCUT2D eigenvalue weighted by Crippen LogP contribution is -2.53. The van der Waals surface area contributed by atoms with E-state index in [2.05, 4.69) is 5.32 Å². The summed E-state index contributed by atoms with van der Waals surface area (Å²) in [6, 6.07) is 9.43. The Bertz CT molecular complexity index is 484. The summed E-state index contributed by atoms with van der Waals surface area (Å²) in [5.41, 5.74) is 1.06. The van der Waals surface area contributed by atoms with Crippen LogP contribution in [-0.4, -0.2) is 31.9 Å². The summed E-state index contributed by atoms with van der Waals surface area (Å²) >= 11 is 0. The van der Waals surface area contributed by atoms with E-state index in [0.29, 0.717) is 6.42 Å². The molecular weight excluding hydrogens is 238 g/mol. The average Bonchev–Trinajstić information content (AvgIpc) is 2.25. The SMILES string of the molecule is O=C([CH]Cc1ccccc1)NC1CS(=O)(=O)C1. The van der Waals surface area contributed by atoms with Gasteiger partial charge in [0.25, 0.3) is 0 Å². The van der Waals surface area contributed by atoms with Gasteiger partial charge in [-0.25, -0.2) is 8.42 Å². The first-order valence-electron chi connectivity index (χ1n) is 5.43. The number of nitrogens with one attached hydrogen (secondary N) is 1. The van der Waals surface area contributed by atoms with Gasteiger partial charge in [-0.15, -0.1) is 0 Å². The molecular formula is C12H14NO3S. The van der Waals surface area contributed by atoms with Gasteiger partial charge < -0.3 is 5.32 Å². The maximum atomic E-state index is 11.5. The van der Waals surface area contributed by atoms with Crippen molar-refractivity contribution in [2.45, 2.75) is 12.5 Å². The van der Waals surface area contributed by atoms with E-state index in [1.165, 1.54) is 0 Å². The van der Waals surface area contributed by atoms with E-state index >= 15 is 0 Å². The number of amides is 1. The number of hydrogen-bond donors (Lipinski definition) is 1. The van der Waals surface area contributed by atoms with E-state index in [-0.39, 0.29) is 23.5 Å². The first kappa shape index (κ1) is 12.1. The Balaban J connectivity index is 1.72. The molecule has 0 bridgehead atoms.